The Bertz CT molecular complexity index is 982. The number of carbonyl (C=O) groups is 3. The molecule has 2 amide bonds. The molecule has 0 heterocycles. The second-order valence-electron chi connectivity index (χ2n) is 6.95. The van der Waals surface area contributed by atoms with Gasteiger partial charge in [-0.05, 0) is 16.7 Å². The Hall–Kier alpha value is -3.93. The molecule has 0 aliphatic rings. The average Bonchev–Trinajstić information content (AvgIpc) is 2.82. The van der Waals surface area contributed by atoms with Gasteiger partial charge in [-0.3, -0.25) is 14.4 Å². The van der Waals surface area contributed by atoms with Gasteiger partial charge >= 0.3 is 5.97 Å². The largest absolute Gasteiger partial charge is 0.468 e. The van der Waals surface area contributed by atoms with Gasteiger partial charge in [0.05, 0.1) is 13.5 Å². The van der Waals surface area contributed by atoms with E-state index in [0.717, 1.165) is 5.56 Å². The number of benzene rings is 3. The molecule has 0 spiro atoms. The molecule has 0 radical (unpaired) electrons. The van der Waals surface area contributed by atoms with E-state index < -0.39 is 17.4 Å². The third-order valence-electron chi connectivity index (χ3n) is 4.91. The topological polar surface area (TPSA) is 84.5 Å². The van der Waals surface area contributed by atoms with E-state index in [1.807, 2.05) is 42.5 Å². The van der Waals surface area contributed by atoms with Crippen LogP contribution < -0.4 is 10.6 Å². The van der Waals surface area contributed by atoms with Crippen LogP contribution in [0.15, 0.2) is 91.0 Å². The van der Waals surface area contributed by atoms with Crippen molar-refractivity contribution in [2.24, 2.45) is 0 Å². The van der Waals surface area contributed by atoms with E-state index in [1.165, 1.54) is 7.11 Å². The molecule has 0 saturated carbocycles. The van der Waals surface area contributed by atoms with Crippen molar-refractivity contribution in [2.75, 3.05) is 13.7 Å². The van der Waals surface area contributed by atoms with E-state index >= 15 is 0 Å². The highest BCUT2D eigenvalue weighted by molar-refractivity contribution is 5.97. The van der Waals surface area contributed by atoms with Crippen molar-refractivity contribution in [3.63, 3.8) is 0 Å². The first kappa shape index (κ1) is 21.8. The first-order valence-electron chi connectivity index (χ1n) is 9.87. The Kier molecular flexibility index (Phi) is 7.17. The van der Waals surface area contributed by atoms with Gasteiger partial charge in [0.2, 0.25) is 5.91 Å². The standard InChI is InChI=1S/C25H24N2O4/c1-31-23(29)18-26-24(30)25(20-13-7-3-8-14-20,21-15-9-4-10-16-21)27-22(28)17-19-11-5-2-6-12-19/h2-16H,17-18H2,1H3,(H,26,30)(H,27,28). The molecule has 3 aromatic rings. The molecule has 0 bridgehead atoms. The van der Waals surface area contributed by atoms with Crippen molar-refractivity contribution in [3.05, 3.63) is 108 Å². The summed E-state index contributed by atoms with van der Waals surface area (Å²) in [6.45, 7) is -0.314. The summed E-state index contributed by atoms with van der Waals surface area (Å²) >= 11 is 0. The predicted octanol–water partition coefficient (Wildman–Crippen LogP) is 2.58. The number of rotatable bonds is 8. The minimum absolute atomic E-state index is 0.104. The van der Waals surface area contributed by atoms with E-state index in [1.54, 1.807) is 48.5 Å². The molecule has 0 fully saturated rings. The first-order valence-corrected chi connectivity index (χ1v) is 9.87. The molecule has 0 atom stereocenters. The Morgan fingerprint density at radius 2 is 1.26 bits per heavy atom. The van der Waals surface area contributed by atoms with Crippen molar-refractivity contribution >= 4 is 17.8 Å². The van der Waals surface area contributed by atoms with Gasteiger partial charge in [-0.2, -0.15) is 0 Å². The first-order chi connectivity index (χ1) is 15.1. The fourth-order valence-electron chi connectivity index (χ4n) is 3.40. The maximum Gasteiger partial charge on any atom is 0.325 e. The Balaban J connectivity index is 2.04. The molecular formula is C25H24N2O4. The van der Waals surface area contributed by atoms with Gasteiger partial charge in [0.1, 0.15) is 6.54 Å². The molecule has 6 heteroatoms. The lowest BCUT2D eigenvalue weighted by Crippen LogP contribution is -2.58. The summed E-state index contributed by atoms with van der Waals surface area (Å²) in [4.78, 5) is 38.3. The van der Waals surface area contributed by atoms with Crippen LogP contribution in [0.1, 0.15) is 16.7 Å². The number of ether oxygens (including phenoxy) is 1. The molecular weight excluding hydrogens is 392 g/mol. The summed E-state index contributed by atoms with van der Waals surface area (Å²) in [6.07, 6.45) is 0.104. The highest BCUT2D eigenvalue weighted by Crippen LogP contribution is 2.30. The Morgan fingerprint density at radius 1 is 0.774 bits per heavy atom. The lowest BCUT2D eigenvalue weighted by atomic mass is 9.81. The summed E-state index contributed by atoms with van der Waals surface area (Å²) in [7, 11) is 1.25. The van der Waals surface area contributed by atoms with Gasteiger partial charge in [-0.15, -0.1) is 0 Å². The highest BCUT2D eigenvalue weighted by Gasteiger charge is 2.43. The van der Waals surface area contributed by atoms with Crippen molar-refractivity contribution in [2.45, 2.75) is 12.0 Å². The molecule has 3 rings (SSSR count). The van der Waals surface area contributed by atoms with E-state index in [-0.39, 0.29) is 18.9 Å². The molecule has 0 unspecified atom stereocenters. The molecule has 3 aromatic carbocycles. The highest BCUT2D eigenvalue weighted by atomic mass is 16.5. The number of hydrogen-bond donors (Lipinski definition) is 2. The summed E-state index contributed by atoms with van der Waals surface area (Å²) in [5.41, 5.74) is 0.447. The SMILES string of the molecule is COC(=O)CNC(=O)C(NC(=O)Cc1ccccc1)(c1ccccc1)c1ccccc1. The molecule has 158 valence electrons. The third kappa shape index (κ3) is 5.17. The van der Waals surface area contributed by atoms with Crippen LogP contribution in [-0.4, -0.2) is 31.4 Å². The van der Waals surface area contributed by atoms with E-state index in [0.29, 0.717) is 11.1 Å². The summed E-state index contributed by atoms with van der Waals surface area (Å²) in [5, 5.41) is 5.56. The zero-order valence-corrected chi connectivity index (χ0v) is 17.2. The zero-order valence-electron chi connectivity index (χ0n) is 17.2. The van der Waals surface area contributed by atoms with Gasteiger partial charge in [-0.1, -0.05) is 91.0 Å². The van der Waals surface area contributed by atoms with E-state index in [2.05, 4.69) is 15.4 Å². The van der Waals surface area contributed by atoms with Crippen LogP contribution in [0.5, 0.6) is 0 Å². The summed E-state index contributed by atoms with van der Waals surface area (Å²) < 4.78 is 4.64. The number of hydrogen-bond acceptors (Lipinski definition) is 4. The quantitative estimate of drug-likeness (QED) is 0.553. The second kappa shape index (κ2) is 10.2. The smallest absolute Gasteiger partial charge is 0.325 e. The predicted molar refractivity (Wildman–Crippen MR) is 117 cm³/mol. The summed E-state index contributed by atoms with van der Waals surface area (Å²) in [5.74, 6) is -1.44. The van der Waals surface area contributed by atoms with Crippen molar-refractivity contribution < 1.29 is 19.1 Å². The molecule has 0 saturated heterocycles. The van der Waals surface area contributed by atoms with Crippen molar-refractivity contribution in [1.29, 1.82) is 0 Å². The van der Waals surface area contributed by atoms with Crippen LogP contribution in [-0.2, 0) is 31.1 Å². The van der Waals surface area contributed by atoms with E-state index in [9.17, 15) is 14.4 Å². The minimum atomic E-state index is -1.53. The summed E-state index contributed by atoms with van der Waals surface area (Å²) in [6, 6.07) is 27.2. The number of carbonyl (C=O) groups excluding carboxylic acids is 3. The molecule has 0 aliphatic carbocycles. The van der Waals surface area contributed by atoms with Gasteiger partial charge < -0.3 is 15.4 Å². The van der Waals surface area contributed by atoms with Gasteiger partial charge in [0, 0.05) is 0 Å². The fourth-order valence-corrected chi connectivity index (χ4v) is 3.40. The van der Waals surface area contributed by atoms with E-state index in [4.69, 9.17) is 0 Å². The normalized spacial score (nSPS) is 10.7. The van der Waals surface area contributed by atoms with Crippen LogP contribution in [0.4, 0.5) is 0 Å². The van der Waals surface area contributed by atoms with Crippen molar-refractivity contribution in [1.82, 2.24) is 10.6 Å². The molecule has 2 N–H and O–H groups in total. The Labute approximate surface area is 181 Å². The fraction of sp³-hybridized carbons (Fsp3) is 0.160. The molecule has 0 aliphatic heterocycles. The average molecular weight is 416 g/mol. The van der Waals surface area contributed by atoms with Crippen LogP contribution in [0.2, 0.25) is 0 Å². The van der Waals surface area contributed by atoms with Crippen LogP contribution in [0.3, 0.4) is 0 Å². The second-order valence-corrected chi connectivity index (χ2v) is 6.95. The van der Waals surface area contributed by atoms with Crippen LogP contribution in [0, 0.1) is 0 Å². The third-order valence-corrected chi connectivity index (χ3v) is 4.91. The maximum atomic E-state index is 13.5. The maximum absolute atomic E-state index is 13.5. The van der Waals surface area contributed by atoms with Crippen LogP contribution >= 0.6 is 0 Å². The lowest BCUT2D eigenvalue weighted by Gasteiger charge is -2.34. The molecule has 31 heavy (non-hydrogen) atoms. The Morgan fingerprint density at radius 3 is 1.74 bits per heavy atom. The molecule has 6 nitrogen and oxygen atoms in total. The number of methoxy groups -OCH3 is 1. The van der Waals surface area contributed by atoms with Crippen molar-refractivity contribution in [3.8, 4) is 0 Å². The van der Waals surface area contributed by atoms with Gasteiger partial charge in [-0.25, -0.2) is 0 Å². The molecule has 0 aromatic heterocycles. The number of esters is 1. The van der Waals surface area contributed by atoms with Gasteiger partial charge in [0.15, 0.2) is 5.54 Å². The number of amides is 2. The number of nitrogens with one attached hydrogen (secondary N) is 2. The lowest BCUT2D eigenvalue weighted by molar-refractivity contribution is -0.142. The minimum Gasteiger partial charge on any atom is -0.468 e. The monoisotopic (exact) mass is 416 g/mol. The zero-order chi connectivity index (χ0) is 22.1. The van der Waals surface area contributed by atoms with Gasteiger partial charge in [0.25, 0.3) is 5.91 Å². The van der Waals surface area contributed by atoms with Crippen LogP contribution in [0.25, 0.3) is 0 Å².